The van der Waals surface area contributed by atoms with Gasteiger partial charge in [-0.05, 0) is 42.0 Å². The smallest absolute Gasteiger partial charge is 0.335 e. The second-order valence-electron chi connectivity index (χ2n) is 7.02. The number of carbonyl (C=O) groups is 2. The summed E-state index contributed by atoms with van der Waals surface area (Å²) in [5.41, 5.74) is 0.102. The molecule has 3 rings (SSSR count). The number of nitro benzene ring substituents is 2. The van der Waals surface area contributed by atoms with Gasteiger partial charge in [0.25, 0.3) is 5.69 Å². The number of hydrogen-bond acceptors (Lipinski definition) is 8. The van der Waals surface area contributed by atoms with Gasteiger partial charge in [-0.3, -0.25) is 25.0 Å². The summed E-state index contributed by atoms with van der Waals surface area (Å²) >= 11 is 0. The van der Waals surface area contributed by atoms with Gasteiger partial charge in [0, 0.05) is 35.9 Å². The zero-order valence-corrected chi connectivity index (χ0v) is 16.9. The van der Waals surface area contributed by atoms with Crippen molar-refractivity contribution in [2.75, 3.05) is 5.32 Å². The summed E-state index contributed by atoms with van der Waals surface area (Å²) in [6.07, 6.45) is -0.232. The molecule has 0 bridgehead atoms. The summed E-state index contributed by atoms with van der Waals surface area (Å²) in [5, 5.41) is 44.0. The number of non-ortho nitro benzene ring substituents is 1. The molecule has 0 aliphatic carbocycles. The number of Topliss-reactive ketones (excluding diaryl/α,β-unsaturated/α-hetero) is 1. The predicted octanol–water partition coefficient (Wildman–Crippen LogP) is 4.33. The van der Waals surface area contributed by atoms with Crippen LogP contribution in [0.2, 0.25) is 0 Å². The second-order valence-corrected chi connectivity index (χ2v) is 7.02. The van der Waals surface area contributed by atoms with Crippen LogP contribution < -0.4 is 5.32 Å². The van der Waals surface area contributed by atoms with E-state index in [0.29, 0.717) is 11.3 Å². The third kappa shape index (κ3) is 5.47. The number of nitrogens with zero attached hydrogens (tertiary/aromatic N) is 2. The van der Waals surface area contributed by atoms with Crippen LogP contribution in [0.3, 0.4) is 0 Å². The summed E-state index contributed by atoms with van der Waals surface area (Å²) in [6.45, 7) is 0. The van der Waals surface area contributed by atoms with Gasteiger partial charge in [0.15, 0.2) is 11.5 Å². The number of phenolic OH excluding ortho intramolecular Hbond substituents is 1. The van der Waals surface area contributed by atoms with Crippen LogP contribution in [0, 0.1) is 20.2 Å². The highest BCUT2D eigenvalue weighted by Crippen LogP contribution is 2.30. The second kappa shape index (κ2) is 9.56. The normalized spacial score (nSPS) is 11.4. The molecule has 0 aliphatic rings. The van der Waals surface area contributed by atoms with E-state index < -0.39 is 39.1 Å². The maximum atomic E-state index is 12.9. The van der Waals surface area contributed by atoms with Gasteiger partial charge in [-0.15, -0.1) is 0 Å². The van der Waals surface area contributed by atoms with Crippen molar-refractivity contribution < 1.29 is 29.6 Å². The lowest BCUT2D eigenvalue weighted by Crippen LogP contribution is -2.16. The zero-order chi connectivity index (χ0) is 24.1. The molecule has 3 aromatic rings. The van der Waals surface area contributed by atoms with Crippen molar-refractivity contribution in [1.82, 2.24) is 0 Å². The first-order chi connectivity index (χ1) is 15.7. The van der Waals surface area contributed by atoms with E-state index in [1.807, 2.05) is 0 Å². The van der Waals surface area contributed by atoms with Gasteiger partial charge >= 0.3 is 11.7 Å². The van der Waals surface area contributed by atoms with Crippen molar-refractivity contribution >= 4 is 28.8 Å². The van der Waals surface area contributed by atoms with E-state index in [1.54, 1.807) is 6.07 Å². The molecule has 1 unspecified atom stereocenters. The number of carboxylic acid groups (broad SMARTS) is 1. The van der Waals surface area contributed by atoms with Crippen molar-refractivity contribution in [3.63, 3.8) is 0 Å². The fourth-order valence-electron chi connectivity index (χ4n) is 3.16. The van der Waals surface area contributed by atoms with Crippen LogP contribution in [0.5, 0.6) is 5.75 Å². The topological polar surface area (TPSA) is 173 Å². The number of benzene rings is 3. The molecule has 0 saturated carbocycles. The molecular formula is C22H17N3O8. The van der Waals surface area contributed by atoms with E-state index in [4.69, 9.17) is 5.11 Å². The monoisotopic (exact) mass is 451 g/mol. The molecule has 0 aromatic heterocycles. The fourth-order valence-corrected chi connectivity index (χ4v) is 3.16. The first kappa shape index (κ1) is 22.9. The lowest BCUT2D eigenvalue weighted by Gasteiger charge is -2.20. The highest BCUT2D eigenvalue weighted by Gasteiger charge is 2.22. The summed E-state index contributed by atoms with van der Waals surface area (Å²) in [7, 11) is 0. The highest BCUT2D eigenvalue weighted by molar-refractivity contribution is 5.97. The Labute approximate surface area is 186 Å². The van der Waals surface area contributed by atoms with Crippen LogP contribution in [-0.4, -0.2) is 31.8 Å². The van der Waals surface area contributed by atoms with Gasteiger partial charge in [-0.2, -0.15) is 0 Å². The number of carboxylic acids is 1. The van der Waals surface area contributed by atoms with E-state index in [0.717, 1.165) is 12.1 Å². The number of nitro groups is 2. The van der Waals surface area contributed by atoms with Crippen molar-refractivity contribution in [3.05, 3.63) is 104 Å². The number of phenols is 1. The summed E-state index contributed by atoms with van der Waals surface area (Å²) in [6, 6.07) is 13.8. The van der Waals surface area contributed by atoms with Crippen molar-refractivity contribution in [1.29, 1.82) is 0 Å². The number of ketones is 1. The van der Waals surface area contributed by atoms with Crippen LogP contribution in [0.1, 0.15) is 38.7 Å². The molecule has 0 radical (unpaired) electrons. The summed E-state index contributed by atoms with van der Waals surface area (Å²) < 4.78 is 0. The van der Waals surface area contributed by atoms with Crippen LogP contribution in [0.4, 0.5) is 17.1 Å². The average Bonchev–Trinajstić information content (AvgIpc) is 2.79. The number of nitrogens with one attached hydrogen (secondary N) is 1. The molecule has 11 heteroatoms. The summed E-state index contributed by atoms with van der Waals surface area (Å²) in [4.78, 5) is 44.8. The first-order valence-corrected chi connectivity index (χ1v) is 9.50. The molecule has 0 spiro atoms. The van der Waals surface area contributed by atoms with Crippen LogP contribution in [0.15, 0.2) is 66.7 Å². The van der Waals surface area contributed by atoms with E-state index in [2.05, 4.69) is 5.32 Å². The molecule has 168 valence electrons. The molecular weight excluding hydrogens is 434 g/mol. The van der Waals surface area contributed by atoms with E-state index >= 15 is 0 Å². The van der Waals surface area contributed by atoms with Gasteiger partial charge in [-0.1, -0.05) is 12.1 Å². The average molecular weight is 451 g/mol. The number of aromatic carboxylic acids is 1. The van der Waals surface area contributed by atoms with Crippen LogP contribution in [-0.2, 0) is 0 Å². The molecule has 0 heterocycles. The van der Waals surface area contributed by atoms with Crippen LogP contribution >= 0.6 is 0 Å². The largest absolute Gasteiger partial charge is 0.502 e. The molecule has 33 heavy (non-hydrogen) atoms. The fraction of sp³-hybridized carbons (Fsp3) is 0.0909. The Hall–Kier alpha value is -4.80. The Kier molecular flexibility index (Phi) is 6.63. The predicted molar refractivity (Wildman–Crippen MR) is 117 cm³/mol. The Balaban J connectivity index is 1.94. The Morgan fingerprint density at radius 2 is 1.58 bits per heavy atom. The standard InChI is InChI=1S/C22H17N3O8/c26-20-9-6-15(11-19(20)25(32)33)21(27)12-18(14-2-1-3-17(10-14)24(30)31)23-16-7-4-13(5-8-16)22(28)29/h1-11,18,23,26H,12H2,(H,28,29). The lowest BCUT2D eigenvalue weighted by atomic mass is 9.96. The lowest BCUT2D eigenvalue weighted by molar-refractivity contribution is -0.385. The van der Waals surface area contributed by atoms with Gasteiger partial charge in [0.05, 0.1) is 21.5 Å². The van der Waals surface area contributed by atoms with Crippen molar-refractivity contribution in [2.45, 2.75) is 12.5 Å². The molecule has 0 fully saturated rings. The zero-order valence-electron chi connectivity index (χ0n) is 16.9. The van der Waals surface area contributed by atoms with E-state index in [-0.39, 0.29) is 23.2 Å². The maximum absolute atomic E-state index is 12.9. The molecule has 0 aliphatic heterocycles. The number of rotatable bonds is 9. The number of carbonyl (C=O) groups excluding carboxylic acids is 1. The molecule has 3 N–H and O–H groups in total. The number of anilines is 1. The van der Waals surface area contributed by atoms with Gasteiger partial charge in [0.1, 0.15) is 0 Å². The van der Waals surface area contributed by atoms with Gasteiger partial charge in [-0.25, -0.2) is 4.79 Å². The Morgan fingerprint density at radius 1 is 0.909 bits per heavy atom. The van der Waals surface area contributed by atoms with Crippen molar-refractivity contribution in [2.24, 2.45) is 0 Å². The Bertz CT molecular complexity index is 1240. The molecule has 3 aromatic carbocycles. The highest BCUT2D eigenvalue weighted by atomic mass is 16.6. The SMILES string of the molecule is O=C(O)c1ccc(NC(CC(=O)c2ccc(O)c([N+](=O)[O-])c2)c2cccc([N+](=O)[O-])c2)cc1. The molecule has 0 amide bonds. The van der Waals surface area contributed by atoms with Gasteiger partial charge < -0.3 is 15.5 Å². The number of aromatic hydroxyl groups is 1. The quantitative estimate of drug-likeness (QED) is 0.243. The minimum absolute atomic E-state index is 0.0158. The minimum Gasteiger partial charge on any atom is -0.502 e. The third-order valence-corrected chi connectivity index (χ3v) is 4.84. The maximum Gasteiger partial charge on any atom is 0.335 e. The summed E-state index contributed by atoms with van der Waals surface area (Å²) in [5.74, 6) is -2.20. The molecule has 1 atom stereocenters. The van der Waals surface area contributed by atoms with Crippen molar-refractivity contribution in [3.8, 4) is 5.75 Å². The molecule has 11 nitrogen and oxygen atoms in total. The molecule has 0 saturated heterocycles. The van der Waals surface area contributed by atoms with Crippen LogP contribution in [0.25, 0.3) is 0 Å². The van der Waals surface area contributed by atoms with E-state index in [9.17, 15) is 34.9 Å². The third-order valence-electron chi connectivity index (χ3n) is 4.84. The minimum atomic E-state index is -1.11. The van der Waals surface area contributed by atoms with Gasteiger partial charge in [0.2, 0.25) is 0 Å². The van der Waals surface area contributed by atoms with E-state index in [1.165, 1.54) is 48.5 Å². The first-order valence-electron chi connectivity index (χ1n) is 9.50. The number of hydrogen-bond donors (Lipinski definition) is 3. The Morgan fingerprint density at radius 3 is 2.18 bits per heavy atom.